The van der Waals surface area contributed by atoms with Crippen molar-refractivity contribution in [2.24, 2.45) is 0 Å². The average Bonchev–Trinajstić information content (AvgIpc) is 3.29. The fourth-order valence-electron chi connectivity index (χ4n) is 4.47. The van der Waals surface area contributed by atoms with Gasteiger partial charge in [0.1, 0.15) is 6.26 Å². The van der Waals surface area contributed by atoms with Gasteiger partial charge >= 0.3 is 0 Å². The number of piperidine rings is 1. The molecule has 174 valence electrons. The molecular formula is C24H35N5O3. The van der Waals surface area contributed by atoms with Gasteiger partial charge in [-0.2, -0.15) is 0 Å². The van der Waals surface area contributed by atoms with Crippen molar-refractivity contribution in [1.29, 1.82) is 0 Å². The number of benzene rings is 1. The van der Waals surface area contributed by atoms with Crippen LogP contribution in [0.15, 0.2) is 41.0 Å². The molecule has 0 bridgehead atoms. The number of carbonyl (C=O) groups excluding carboxylic acids is 1. The summed E-state index contributed by atoms with van der Waals surface area (Å²) in [4.78, 5) is 23.7. The SMILES string of the molecule is O=C(NCc1ccccc1)c1coc(CN2CCN(C[C@@H](O)CN3CCCCC3)CC2)n1. The fourth-order valence-corrected chi connectivity index (χ4v) is 4.47. The van der Waals surface area contributed by atoms with E-state index in [1.54, 1.807) is 0 Å². The van der Waals surface area contributed by atoms with Gasteiger partial charge in [-0.25, -0.2) is 4.98 Å². The first-order valence-electron chi connectivity index (χ1n) is 11.8. The number of aromatic nitrogens is 1. The number of oxazole rings is 1. The van der Waals surface area contributed by atoms with Gasteiger partial charge in [0.2, 0.25) is 5.89 Å². The third-order valence-electron chi connectivity index (χ3n) is 6.29. The second kappa shape index (κ2) is 11.6. The Hall–Kier alpha value is -2.26. The quantitative estimate of drug-likeness (QED) is 0.611. The van der Waals surface area contributed by atoms with Crippen molar-refractivity contribution in [1.82, 2.24) is 25.0 Å². The molecule has 1 amide bonds. The number of piperazine rings is 1. The Bertz CT molecular complexity index is 829. The molecule has 32 heavy (non-hydrogen) atoms. The molecule has 2 aromatic rings. The van der Waals surface area contributed by atoms with Crippen LogP contribution in [-0.2, 0) is 13.1 Å². The van der Waals surface area contributed by atoms with Gasteiger partial charge in [-0.15, -0.1) is 0 Å². The topological polar surface area (TPSA) is 85.1 Å². The number of hydrogen-bond acceptors (Lipinski definition) is 7. The maximum Gasteiger partial charge on any atom is 0.273 e. The highest BCUT2D eigenvalue weighted by atomic mass is 16.3. The van der Waals surface area contributed by atoms with E-state index in [2.05, 4.69) is 25.0 Å². The molecule has 2 fully saturated rings. The maximum atomic E-state index is 12.3. The third-order valence-corrected chi connectivity index (χ3v) is 6.29. The van der Waals surface area contributed by atoms with Crippen LogP contribution in [0, 0.1) is 0 Å². The largest absolute Gasteiger partial charge is 0.447 e. The van der Waals surface area contributed by atoms with Crippen molar-refractivity contribution in [2.75, 3.05) is 52.4 Å². The number of nitrogens with zero attached hydrogens (tertiary/aromatic N) is 4. The minimum atomic E-state index is -0.289. The van der Waals surface area contributed by atoms with Crippen LogP contribution in [0.3, 0.4) is 0 Å². The van der Waals surface area contributed by atoms with Gasteiger partial charge in [-0.3, -0.25) is 14.6 Å². The number of aliphatic hydroxyl groups excluding tert-OH is 1. The summed E-state index contributed by atoms with van der Waals surface area (Å²) in [6.45, 7) is 8.44. The second-order valence-electron chi connectivity index (χ2n) is 8.89. The minimum Gasteiger partial charge on any atom is -0.447 e. The van der Waals surface area contributed by atoms with E-state index in [4.69, 9.17) is 4.42 Å². The highest BCUT2D eigenvalue weighted by molar-refractivity contribution is 5.91. The fraction of sp³-hybridized carbons (Fsp3) is 0.583. The third kappa shape index (κ3) is 6.87. The highest BCUT2D eigenvalue weighted by Crippen LogP contribution is 2.12. The highest BCUT2D eigenvalue weighted by Gasteiger charge is 2.22. The van der Waals surface area contributed by atoms with Crippen LogP contribution >= 0.6 is 0 Å². The predicted octanol–water partition coefficient (Wildman–Crippen LogP) is 1.57. The molecule has 8 heteroatoms. The summed E-state index contributed by atoms with van der Waals surface area (Å²) in [5, 5.41) is 13.3. The van der Waals surface area contributed by atoms with E-state index in [0.717, 1.165) is 57.9 Å². The van der Waals surface area contributed by atoms with Crippen molar-refractivity contribution in [3.63, 3.8) is 0 Å². The summed E-state index contributed by atoms with van der Waals surface area (Å²) in [6.07, 6.45) is 4.97. The number of aliphatic hydroxyl groups is 1. The zero-order valence-corrected chi connectivity index (χ0v) is 18.8. The lowest BCUT2D eigenvalue weighted by molar-refractivity contribution is 0.0434. The Morgan fingerprint density at radius 1 is 0.969 bits per heavy atom. The molecule has 0 saturated carbocycles. The first-order chi connectivity index (χ1) is 15.7. The summed E-state index contributed by atoms with van der Waals surface area (Å²) in [6, 6.07) is 9.80. The van der Waals surface area contributed by atoms with Crippen LogP contribution in [0.5, 0.6) is 0 Å². The molecule has 0 radical (unpaired) electrons. The lowest BCUT2D eigenvalue weighted by atomic mass is 10.1. The Labute approximate surface area is 190 Å². The van der Waals surface area contributed by atoms with E-state index >= 15 is 0 Å². The van der Waals surface area contributed by atoms with Crippen LogP contribution in [0.1, 0.15) is 41.2 Å². The van der Waals surface area contributed by atoms with Gasteiger partial charge in [0.25, 0.3) is 5.91 Å². The predicted molar refractivity (Wildman–Crippen MR) is 122 cm³/mol. The lowest BCUT2D eigenvalue weighted by Gasteiger charge is -2.36. The van der Waals surface area contributed by atoms with Crippen LogP contribution in [-0.4, -0.2) is 89.2 Å². The molecule has 0 unspecified atom stereocenters. The standard InChI is InChI=1S/C24H35N5O3/c30-21(16-27-9-5-2-6-10-27)17-28-11-13-29(14-12-28)18-23-26-22(19-32-23)24(31)25-15-20-7-3-1-4-8-20/h1,3-4,7-8,19,21,30H,2,5-6,9-18H2,(H,25,31)/t21-/m0/s1. The average molecular weight is 442 g/mol. The van der Waals surface area contributed by atoms with Crippen LogP contribution in [0.25, 0.3) is 0 Å². The molecule has 2 N–H and O–H groups in total. The molecule has 0 spiro atoms. The van der Waals surface area contributed by atoms with E-state index < -0.39 is 0 Å². The molecule has 8 nitrogen and oxygen atoms in total. The molecule has 2 saturated heterocycles. The molecule has 0 aliphatic carbocycles. The lowest BCUT2D eigenvalue weighted by Crippen LogP contribution is -2.50. The molecule has 3 heterocycles. The summed E-state index contributed by atoms with van der Waals surface area (Å²) in [5.74, 6) is 0.338. The zero-order valence-electron chi connectivity index (χ0n) is 18.8. The van der Waals surface area contributed by atoms with Crippen molar-refractivity contribution >= 4 is 5.91 Å². The van der Waals surface area contributed by atoms with Crippen molar-refractivity contribution < 1.29 is 14.3 Å². The Kier molecular flexibility index (Phi) is 8.28. The maximum absolute atomic E-state index is 12.3. The van der Waals surface area contributed by atoms with Gasteiger partial charge in [0.15, 0.2) is 5.69 Å². The molecule has 4 rings (SSSR count). The van der Waals surface area contributed by atoms with E-state index in [0.29, 0.717) is 24.7 Å². The Balaban J connectivity index is 1.16. The number of hydrogen-bond donors (Lipinski definition) is 2. The summed E-state index contributed by atoms with van der Waals surface area (Å²) >= 11 is 0. The molecule has 1 aromatic heterocycles. The number of carbonyl (C=O) groups is 1. The Morgan fingerprint density at radius 2 is 1.62 bits per heavy atom. The summed E-state index contributed by atoms with van der Waals surface area (Å²) in [5.41, 5.74) is 1.36. The van der Waals surface area contributed by atoms with Gasteiger partial charge in [-0.05, 0) is 31.5 Å². The number of rotatable bonds is 9. The smallest absolute Gasteiger partial charge is 0.273 e. The Morgan fingerprint density at radius 3 is 2.34 bits per heavy atom. The van der Waals surface area contributed by atoms with Crippen molar-refractivity contribution in [3.8, 4) is 0 Å². The molecule has 1 atom stereocenters. The molecule has 2 aliphatic heterocycles. The van der Waals surface area contributed by atoms with Gasteiger partial charge in [-0.1, -0.05) is 36.8 Å². The number of nitrogens with one attached hydrogen (secondary N) is 1. The van der Waals surface area contributed by atoms with E-state index in [1.807, 2.05) is 30.3 Å². The number of amides is 1. The van der Waals surface area contributed by atoms with Crippen LogP contribution < -0.4 is 5.32 Å². The molecular weight excluding hydrogens is 406 g/mol. The van der Waals surface area contributed by atoms with Crippen molar-refractivity contribution in [2.45, 2.75) is 38.5 Å². The minimum absolute atomic E-state index is 0.226. The van der Waals surface area contributed by atoms with Crippen LogP contribution in [0.2, 0.25) is 0 Å². The monoisotopic (exact) mass is 441 g/mol. The first kappa shape index (κ1) is 22.9. The normalized spacial score (nSPS) is 19.7. The van der Waals surface area contributed by atoms with Crippen molar-refractivity contribution in [3.05, 3.63) is 53.7 Å². The van der Waals surface area contributed by atoms with Gasteiger partial charge < -0.3 is 19.7 Å². The second-order valence-corrected chi connectivity index (χ2v) is 8.89. The number of β-amino-alcohol motifs (C(OH)–C–C–N with tert-alkyl or cyclic N) is 1. The molecule has 1 aromatic carbocycles. The first-order valence-corrected chi connectivity index (χ1v) is 11.8. The number of likely N-dealkylation sites (tertiary alicyclic amines) is 1. The van der Waals surface area contributed by atoms with E-state index in [-0.39, 0.29) is 12.0 Å². The van der Waals surface area contributed by atoms with E-state index in [9.17, 15) is 9.90 Å². The molecule has 2 aliphatic rings. The summed E-state index contributed by atoms with van der Waals surface area (Å²) in [7, 11) is 0. The van der Waals surface area contributed by atoms with E-state index in [1.165, 1.54) is 25.5 Å². The van der Waals surface area contributed by atoms with Crippen LogP contribution in [0.4, 0.5) is 0 Å². The van der Waals surface area contributed by atoms with Gasteiger partial charge in [0.05, 0.1) is 12.6 Å². The zero-order chi connectivity index (χ0) is 22.2. The summed E-state index contributed by atoms with van der Waals surface area (Å²) < 4.78 is 5.54. The van der Waals surface area contributed by atoms with Gasteiger partial charge in [0, 0.05) is 45.8 Å².